The molecule has 2 aromatic rings. The van der Waals surface area contributed by atoms with Crippen molar-refractivity contribution >= 4 is 45.2 Å². The van der Waals surface area contributed by atoms with Crippen molar-refractivity contribution in [2.45, 2.75) is 6.61 Å². The van der Waals surface area contributed by atoms with E-state index in [1.165, 1.54) is 6.08 Å². The van der Waals surface area contributed by atoms with Gasteiger partial charge in [-0.25, -0.2) is 0 Å². The van der Waals surface area contributed by atoms with Crippen molar-refractivity contribution in [3.05, 3.63) is 67.6 Å². The molecule has 0 spiro atoms. The molecule has 114 valence electrons. The smallest absolute Gasteiger partial charge is 0.130 e. The van der Waals surface area contributed by atoms with Gasteiger partial charge in [-0.05, 0) is 42.0 Å². The number of halogens is 3. The topological polar surface area (TPSA) is 56.8 Å². The number of rotatable bonds is 4. The highest BCUT2D eigenvalue weighted by atomic mass is 79.9. The zero-order valence-corrected chi connectivity index (χ0v) is 14.8. The molecule has 0 N–H and O–H groups in total. The third-order valence-corrected chi connectivity index (χ3v) is 4.12. The summed E-state index contributed by atoms with van der Waals surface area (Å²) in [6, 6.07) is 14.3. The second-order valence-electron chi connectivity index (χ2n) is 4.50. The first-order valence-electron chi connectivity index (χ1n) is 6.41. The van der Waals surface area contributed by atoms with E-state index in [0.717, 1.165) is 10.0 Å². The maximum atomic E-state index is 8.89. The summed E-state index contributed by atoms with van der Waals surface area (Å²) in [5, 5.41) is 18.7. The summed E-state index contributed by atoms with van der Waals surface area (Å²) in [7, 11) is 0. The average molecular weight is 408 g/mol. The van der Waals surface area contributed by atoms with Crippen molar-refractivity contribution in [3.8, 4) is 17.9 Å². The Hall–Kier alpha value is -1.98. The first kappa shape index (κ1) is 17.4. The van der Waals surface area contributed by atoms with Crippen molar-refractivity contribution in [2.75, 3.05) is 0 Å². The molecule has 0 amide bonds. The molecular formula is C17H9BrCl2N2O. The van der Waals surface area contributed by atoms with Crippen molar-refractivity contribution < 1.29 is 4.74 Å². The molecular weight excluding hydrogens is 399 g/mol. The van der Waals surface area contributed by atoms with Crippen LogP contribution in [0.4, 0.5) is 0 Å². The monoisotopic (exact) mass is 406 g/mol. The van der Waals surface area contributed by atoms with E-state index < -0.39 is 0 Å². The highest BCUT2D eigenvalue weighted by Crippen LogP contribution is 2.27. The molecule has 2 rings (SSSR count). The maximum Gasteiger partial charge on any atom is 0.130 e. The van der Waals surface area contributed by atoms with E-state index in [-0.39, 0.29) is 12.2 Å². The molecule has 6 heteroatoms. The van der Waals surface area contributed by atoms with Crippen molar-refractivity contribution in [2.24, 2.45) is 0 Å². The SMILES string of the molecule is N#CC(C#N)=Cc1cc(Br)ccc1OCc1ccc(Cl)c(Cl)c1. The number of hydrogen-bond donors (Lipinski definition) is 0. The molecule has 0 aliphatic rings. The van der Waals surface area contributed by atoms with Gasteiger partial charge in [0.25, 0.3) is 0 Å². The fourth-order valence-electron chi connectivity index (χ4n) is 1.80. The van der Waals surface area contributed by atoms with Gasteiger partial charge in [-0.3, -0.25) is 0 Å². The minimum Gasteiger partial charge on any atom is -0.488 e. The maximum absolute atomic E-state index is 8.89. The fourth-order valence-corrected chi connectivity index (χ4v) is 2.50. The van der Waals surface area contributed by atoms with Crippen LogP contribution in [0.25, 0.3) is 6.08 Å². The molecule has 0 aliphatic heterocycles. The van der Waals surface area contributed by atoms with Gasteiger partial charge >= 0.3 is 0 Å². The van der Waals surface area contributed by atoms with Crippen LogP contribution in [-0.4, -0.2) is 0 Å². The molecule has 0 aliphatic carbocycles. The van der Waals surface area contributed by atoms with E-state index >= 15 is 0 Å². The first-order valence-corrected chi connectivity index (χ1v) is 7.96. The summed E-state index contributed by atoms with van der Waals surface area (Å²) < 4.78 is 6.60. The third kappa shape index (κ3) is 4.74. The Balaban J connectivity index is 2.26. The van der Waals surface area contributed by atoms with Crippen LogP contribution in [0.2, 0.25) is 10.0 Å². The van der Waals surface area contributed by atoms with Crippen molar-refractivity contribution in [1.29, 1.82) is 10.5 Å². The Bertz CT molecular complexity index is 835. The Morgan fingerprint density at radius 2 is 1.83 bits per heavy atom. The van der Waals surface area contributed by atoms with E-state index in [1.807, 2.05) is 24.3 Å². The van der Waals surface area contributed by atoms with Gasteiger partial charge in [0.15, 0.2) is 0 Å². The number of benzene rings is 2. The summed E-state index contributed by atoms with van der Waals surface area (Å²) in [5.41, 5.74) is 1.50. The molecule has 3 nitrogen and oxygen atoms in total. The second kappa shape index (κ2) is 8.04. The van der Waals surface area contributed by atoms with Gasteiger partial charge < -0.3 is 4.74 Å². The Kier molecular flexibility index (Phi) is 6.07. The number of nitriles is 2. The van der Waals surface area contributed by atoms with E-state index in [0.29, 0.717) is 21.4 Å². The van der Waals surface area contributed by atoms with Crippen LogP contribution in [0.5, 0.6) is 5.75 Å². The molecule has 0 saturated carbocycles. The van der Waals surface area contributed by atoms with Gasteiger partial charge in [0.2, 0.25) is 0 Å². The molecule has 0 heterocycles. The van der Waals surface area contributed by atoms with Crippen LogP contribution in [0.15, 0.2) is 46.4 Å². The van der Waals surface area contributed by atoms with Crippen LogP contribution in [0.1, 0.15) is 11.1 Å². The molecule has 0 atom stereocenters. The molecule has 0 saturated heterocycles. The van der Waals surface area contributed by atoms with Crippen LogP contribution in [-0.2, 0) is 6.61 Å². The van der Waals surface area contributed by atoms with Crippen LogP contribution in [0.3, 0.4) is 0 Å². The fraction of sp³-hybridized carbons (Fsp3) is 0.0588. The summed E-state index contributed by atoms with van der Waals surface area (Å²) in [4.78, 5) is 0. The van der Waals surface area contributed by atoms with Crippen LogP contribution < -0.4 is 4.74 Å². The van der Waals surface area contributed by atoms with Gasteiger partial charge in [0.1, 0.15) is 30.1 Å². The predicted molar refractivity (Wildman–Crippen MR) is 94.1 cm³/mol. The zero-order chi connectivity index (χ0) is 16.8. The van der Waals surface area contributed by atoms with Crippen molar-refractivity contribution in [3.63, 3.8) is 0 Å². The van der Waals surface area contributed by atoms with Gasteiger partial charge in [-0.2, -0.15) is 10.5 Å². The lowest BCUT2D eigenvalue weighted by molar-refractivity contribution is 0.305. The Labute approximate surface area is 152 Å². The lowest BCUT2D eigenvalue weighted by atomic mass is 10.1. The summed E-state index contributed by atoms with van der Waals surface area (Å²) in [5.74, 6) is 0.558. The minimum atomic E-state index is 0.00230. The van der Waals surface area contributed by atoms with Gasteiger partial charge in [0.05, 0.1) is 10.0 Å². The van der Waals surface area contributed by atoms with Crippen LogP contribution in [0, 0.1) is 22.7 Å². The molecule has 0 unspecified atom stereocenters. The lowest BCUT2D eigenvalue weighted by Gasteiger charge is -2.10. The van der Waals surface area contributed by atoms with E-state index in [2.05, 4.69) is 15.9 Å². The Morgan fingerprint density at radius 1 is 1.09 bits per heavy atom. The minimum absolute atomic E-state index is 0.00230. The number of allylic oxidation sites excluding steroid dienone is 1. The summed E-state index contributed by atoms with van der Waals surface area (Å²) in [6.45, 7) is 0.286. The highest BCUT2D eigenvalue weighted by Gasteiger charge is 2.06. The quantitative estimate of drug-likeness (QED) is 0.604. The normalized spacial score (nSPS) is 9.61. The van der Waals surface area contributed by atoms with Gasteiger partial charge in [0, 0.05) is 10.0 Å². The molecule has 2 aromatic carbocycles. The average Bonchev–Trinajstić information content (AvgIpc) is 2.54. The molecule has 0 aromatic heterocycles. The highest BCUT2D eigenvalue weighted by molar-refractivity contribution is 9.10. The standard InChI is InChI=1S/C17H9BrCl2N2O/c18-14-2-4-17(13(7-14)5-12(8-21)9-22)23-10-11-1-3-15(19)16(20)6-11/h1-7H,10H2. The van der Waals surface area contributed by atoms with Gasteiger partial charge in [-0.15, -0.1) is 0 Å². The van der Waals surface area contributed by atoms with E-state index in [1.54, 1.807) is 24.3 Å². The predicted octanol–water partition coefficient (Wildman–Crippen LogP) is 5.77. The molecule has 0 fully saturated rings. The second-order valence-corrected chi connectivity index (χ2v) is 6.23. The third-order valence-electron chi connectivity index (χ3n) is 2.89. The number of hydrogen-bond acceptors (Lipinski definition) is 3. The zero-order valence-electron chi connectivity index (χ0n) is 11.7. The first-order chi connectivity index (χ1) is 11.0. The van der Waals surface area contributed by atoms with E-state index in [9.17, 15) is 0 Å². The van der Waals surface area contributed by atoms with E-state index in [4.69, 9.17) is 38.5 Å². The number of nitrogens with zero attached hydrogens (tertiary/aromatic N) is 2. The number of ether oxygens (including phenoxy) is 1. The largest absolute Gasteiger partial charge is 0.488 e. The summed E-state index contributed by atoms with van der Waals surface area (Å²) in [6.07, 6.45) is 1.48. The summed E-state index contributed by atoms with van der Waals surface area (Å²) >= 11 is 15.2. The van der Waals surface area contributed by atoms with Crippen LogP contribution >= 0.6 is 39.1 Å². The lowest BCUT2D eigenvalue weighted by Crippen LogP contribution is -1.97. The van der Waals surface area contributed by atoms with Crippen molar-refractivity contribution in [1.82, 2.24) is 0 Å². The van der Waals surface area contributed by atoms with Gasteiger partial charge in [-0.1, -0.05) is 45.2 Å². The molecule has 0 radical (unpaired) electrons. The molecule has 23 heavy (non-hydrogen) atoms. The molecule has 0 bridgehead atoms. The Morgan fingerprint density at radius 3 is 2.48 bits per heavy atom.